The number of anilines is 2. The number of carbonyl (C=O) groups is 2. The Hall–Kier alpha value is -3.46. The van der Waals surface area contributed by atoms with Gasteiger partial charge in [0.2, 0.25) is 11.0 Å². The van der Waals surface area contributed by atoms with Gasteiger partial charge < -0.3 is 11.1 Å². The molecule has 0 bridgehead atoms. The highest BCUT2D eigenvalue weighted by atomic mass is 79.9. The number of Topliss-reactive ketones (excluding diaryl/α,β-unsaturated/α-hetero) is 1. The molecule has 8 nitrogen and oxygen atoms in total. The molecule has 0 saturated carbocycles. The van der Waals surface area contributed by atoms with Crippen LogP contribution in [-0.4, -0.2) is 27.6 Å². The van der Waals surface area contributed by atoms with Crippen LogP contribution in [0.5, 0.6) is 0 Å². The minimum Gasteiger partial charge on any atom is -0.384 e. The molecule has 0 spiro atoms. The van der Waals surface area contributed by atoms with Gasteiger partial charge in [0, 0.05) is 22.2 Å². The molecule has 204 valence electrons. The Balaban J connectivity index is 1.44. The van der Waals surface area contributed by atoms with E-state index in [2.05, 4.69) is 51.4 Å². The summed E-state index contributed by atoms with van der Waals surface area (Å²) < 4.78 is 1.39. The smallest absolute Gasteiger partial charge is 0.234 e. The summed E-state index contributed by atoms with van der Waals surface area (Å²) in [6, 6.07) is 17.5. The molecule has 2 heterocycles. The molecule has 0 radical (unpaired) electrons. The molecule has 1 atom stereocenters. The number of nitrogens with zero attached hydrogens (tertiary/aromatic N) is 4. The number of halogens is 1. The van der Waals surface area contributed by atoms with Crippen molar-refractivity contribution in [2.24, 2.45) is 11.1 Å². The lowest BCUT2D eigenvalue weighted by Crippen LogP contribution is -2.42. The van der Waals surface area contributed by atoms with E-state index < -0.39 is 5.92 Å². The summed E-state index contributed by atoms with van der Waals surface area (Å²) in [5.41, 5.74) is 10.7. The Morgan fingerprint density at radius 3 is 2.70 bits per heavy atom. The van der Waals surface area contributed by atoms with Crippen molar-refractivity contribution in [3.8, 4) is 6.07 Å². The first-order valence-corrected chi connectivity index (χ1v) is 15.2. The Labute approximate surface area is 249 Å². The van der Waals surface area contributed by atoms with Gasteiger partial charge in [-0.2, -0.15) is 5.26 Å². The predicted molar refractivity (Wildman–Crippen MR) is 162 cm³/mol. The zero-order valence-electron chi connectivity index (χ0n) is 22.2. The van der Waals surface area contributed by atoms with E-state index in [0.29, 0.717) is 39.1 Å². The second kappa shape index (κ2) is 11.2. The monoisotopic (exact) mass is 634 g/mol. The topological polar surface area (TPSA) is 125 Å². The number of hydrogen-bond acceptors (Lipinski definition) is 9. The molecule has 5 rings (SSSR count). The van der Waals surface area contributed by atoms with Gasteiger partial charge in [0.25, 0.3) is 0 Å². The van der Waals surface area contributed by atoms with E-state index >= 15 is 0 Å². The number of carbonyl (C=O) groups excluding carboxylic acids is 2. The normalized spacial score (nSPS) is 18.4. The maximum absolute atomic E-state index is 13.6. The molecule has 1 aliphatic heterocycles. The number of amides is 1. The van der Waals surface area contributed by atoms with E-state index in [1.54, 1.807) is 4.90 Å². The van der Waals surface area contributed by atoms with Gasteiger partial charge >= 0.3 is 0 Å². The summed E-state index contributed by atoms with van der Waals surface area (Å²) in [6.07, 6.45) is 0.970. The van der Waals surface area contributed by atoms with Crippen LogP contribution >= 0.6 is 39.0 Å². The number of aromatic nitrogens is 2. The molecule has 40 heavy (non-hydrogen) atoms. The number of thioether (sulfide) groups is 1. The fourth-order valence-corrected chi connectivity index (χ4v) is 7.37. The van der Waals surface area contributed by atoms with Crippen LogP contribution in [0.3, 0.4) is 0 Å². The molecule has 3 aromatic rings. The van der Waals surface area contributed by atoms with E-state index in [4.69, 9.17) is 5.73 Å². The van der Waals surface area contributed by atoms with Crippen molar-refractivity contribution >= 4 is 61.5 Å². The van der Waals surface area contributed by atoms with Crippen LogP contribution in [0.4, 0.5) is 10.8 Å². The number of ketones is 1. The predicted octanol–water partition coefficient (Wildman–Crippen LogP) is 6.28. The first-order valence-electron chi connectivity index (χ1n) is 12.6. The third-order valence-corrected chi connectivity index (χ3v) is 9.52. The fraction of sp³-hybridized carbons (Fsp3) is 0.276. The fourth-order valence-electron chi connectivity index (χ4n) is 5.09. The number of nitriles is 1. The van der Waals surface area contributed by atoms with E-state index in [9.17, 15) is 14.9 Å². The van der Waals surface area contributed by atoms with Crippen molar-refractivity contribution in [2.45, 2.75) is 43.9 Å². The van der Waals surface area contributed by atoms with Crippen LogP contribution in [0.25, 0.3) is 0 Å². The number of benzene rings is 2. The van der Waals surface area contributed by atoms with Gasteiger partial charge in [0.15, 0.2) is 10.1 Å². The number of allylic oxidation sites excluding steroid dienone is 3. The SMILES string of the molecule is Cc1ccc(NC(=O)CSc2nnc(N3C(N)=C(C#N)C(c4ccccc4)C4=C3CC(C)(C)CC4=O)s2)c(Br)c1. The number of hydrogen-bond donors (Lipinski definition) is 2. The molecule has 1 unspecified atom stereocenters. The Morgan fingerprint density at radius 1 is 1.25 bits per heavy atom. The minimum absolute atomic E-state index is 0.00315. The molecule has 11 heteroatoms. The van der Waals surface area contributed by atoms with E-state index in [1.165, 1.54) is 23.1 Å². The van der Waals surface area contributed by atoms with Crippen molar-refractivity contribution in [3.05, 3.63) is 86.8 Å². The van der Waals surface area contributed by atoms with Gasteiger partial charge in [-0.25, -0.2) is 0 Å². The van der Waals surface area contributed by atoms with E-state index in [1.807, 2.05) is 55.5 Å². The highest BCUT2D eigenvalue weighted by Crippen LogP contribution is 2.50. The van der Waals surface area contributed by atoms with Crippen LogP contribution in [0, 0.1) is 23.7 Å². The Morgan fingerprint density at radius 2 is 2.00 bits per heavy atom. The lowest BCUT2D eigenvalue weighted by atomic mass is 9.69. The average Bonchev–Trinajstić information content (AvgIpc) is 3.36. The maximum Gasteiger partial charge on any atom is 0.234 e. The zero-order chi connectivity index (χ0) is 28.6. The molecule has 0 fully saturated rings. The summed E-state index contributed by atoms with van der Waals surface area (Å²) >= 11 is 6.01. The van der Waals surface area contributed by atoms with Crippen molar-refractivity contribution in [1.29, 1.82) is 5.26 Å². The van der Waals surface area contributed by atoms with Crippen molar-refractivity contribution in [2.75, 3.05) is 16.0 Å². The van der Waals surface area contributed by atoms with Crippen LogP contribution in [-0.2, 0) is 9.59 Å². The van der Waals surface area contributed by atoms with Gasteiger partial charge in [-0.05, 0) is 57.9 Å². The van der Waals surface area contributed by atoms with Gasteiger partial charge in [-0.3, -0.25) is 14.5 Å². The minimum atomic E-state index is -0.535. The summed E-state index contributed by atoms with van der Waals surface area (Å²) in [4.78, 5) is 27.9. The highest BCUT2D eigenvalue weighted by Gasteiger charge is 2.45. The quantitative estimate of drug-likeness (QED) is 0.303. The van der Waals surface area contributed by atoms with Gasteiger partial charge in [-0.1, -0.05) is 73.3 Å². The second-order valence-electron chi connectivity index (χ2n) is 10.6. The zero-order valence-corrected chi connectivity index (χ0v) is 25.4. The molecular formula is C29H27BrN6O2S2. The molecule has 1 aromatic heterocycles. The largest absolute Gasteiger partial charge is 0.384 e. The molecule has 3 N–H and O–H groups in total. The first-order chi connectivity index (χ1) is 19.1. The van der Waals surface area contributed by atoms with Crippen LogP contribution < -0.4 is 16.0 Å². The van der Waals surface area contributed by atoms with Crippen molar-refractivity contribution < 1.29 is 9.59 Å². The van der Waals surface area contributed by atoms with Gasteiger partial charge in [0.05, 0.1) is 29.0 Å². The summed E-state index contributed by atoms with van der Waals surface area (Å²) in [5.74, 6) is -0.323. The number of rotatable bonds is 6. The lowest BCUT2D eigenvalue weighted by Gasteiger charge is -2.42. The van der Waals surface area contributed by atoms with E-state index in [0.717, 1.165) is 21.3 Å². The molecule has 2 aliphatic rings. The number of nitrogens with one attached hydrogen (secondary N) is 1. The summed E-state index contributed by atoms with van der Waals surface area (Å²) in [7, 11) is 0. The van der Waals surface area contributed by atoms with Crippen molar-refractivity contribution in [1.82, 2.24) is 10.2 Å². The standard InChI is InChI=1S/C29H27BrN6O2S2/c1-16-9-10-20(19(30)11-16)33-23(38)15-39-28-35-34-27(40-28)36-21-12-29(2,3)13-22(37)25(21)24(18(14-31)26(36)32)17-7-5-4-6-8-17/h4-11,24H,12-13,15,32H2,1-3H3,(H,33,38). The third-order valence-electron chi connectivity index (χ3n) is 6.83. The van der Waals surface area contributed by atoms with Gasteiger partial charge in [0.1, 0.15) is 5.82 Å². The Kier molecular flexibility index (Phi) is 7.86. The second-order valence-corrected chi connectivity index (χ2v) is 13.6. The third kappa shape index (κ3) is 5.57. The number of nitrogens with two attached hydrogens (primary N) is 1. The molecule has 2 aromatic carbocycles. The van der Waals surface area contributed by atoms with Crippen LogP contribution in [0.1, 0.15) is 43.7 Å². The highest BCUT2D eigenvalue weighted by molar-refractivity contribution is 9.10. The Bertz CT molecular complexity index is 1610. The average molecular weight is 636 g/mol. The summed E-state index contributed by atoms with van der Waals surface area (Å²) in [5, 5.41) is 22.2. The van der Waals surface area contributed by atoms with Crippen molar-refractivity contribution in [3.63, 3.8) is 0 Å². The maximum atomic E-state index is 13.6. The molecule has 1 amide bonds. The number of aryl methyl sites for hydroxylation is 1. The molecule has 0 saturated heterocycles. The molecule has 1 aliphatic carbocycles. The molecular weight excluding hydrogens is 608 g/mol. The first kappa shape index (κ1) is 28.1. The van der Waals surface area contributed by atoms with Gasteiger partial charge in [-0.15, -0.1) is 10.2 Å². The van der Waals surface area contributed by atoms with E-state index in [-0.39, 0.29) is 28.7 Å². The van der Waals surface area contributed by atoms with Crippen LogP contribution in [0.15, 0.2) is 80.0 Å². The lowest BCUT2D eigenvalue weighted by molar-refractivity contribution is -0.118. The summed E-state index contributed by atoms with van der Waals surface area (Å²) in [6.45, 7) is 6.08. The van der Waals surface area contributed by atoms with Crippen LogP contribution in [0.2, 0.25) is 0 Å².